The molecular weight excluding hydrogens is 178 g/mol. The molecule has 1 aromatic carbocycles. The topological polar surface area (TPSA) is 59.6 Å². The van der Waals surface area contributed by atoms with Crippen LogP contribution in [-0.4, -0.2) is 19.0 Å². The summed E-state index contributed by atoms with van der Waals surface area (Å²) in [6, 6.07) is 9.60. The molecule has 76 valence electrons. The lowest BCUT2D eigenvalue weighted by Crippen LogP contribution is -2.33. The maximum Gasteiger partial charge on any atom is 0.142 e. The van der Waals surface area contributed by atoms with E-state index in [4.69, 9.17) is 10.6 Å². The predicted octanol–water partition coefficient (Wildman–Crippen LogP) is 1.22. The largest absolute Gasteiger partial charge is 0.374 e. The zero-order chi connectivity index (χ0) is 10.2. The van der Waals surface area contributed by atoms with E-state index < -0.39 is 0 Å². The second-order valence-corrected chi connectivity index (χ2v) is 2.68. The number of rotatable bonds is 4. The zero-order valence-corrected chi connectivity index (χ0v) is 8.23. The average molecular weight is 193 g/mol. The van der Waals surface area contributed by atoms with Gasteiger partial charge in [0.1, 0.15) is 12.4 Å². The zero-order valence-electron chi connectivity index (χ0n) is 8.23. The van der Waals surface area contributed by atoms with Crippen LogP contribution in [0.15, 0.2) is 35.3 Å². The normalized spacial score (nSPS) is 11.4. The maximum absolute atomic E-state index is 5.30. The second-order valence-electron chi connectivity index (χ2n) is 2.68. The van der Waals surface area contributed by atoms with Crippen LogP contribution >= 0.6 is 0 Å². The minimum atomic E-state index is 0.405. The first-order chi connectivity index (χ1) is 6.86. The van der Waals surface area contributed by atoms with Crippen molar-refractivity contribution < 1.29 is 4.74 Å². The van der Waals surface area contributed by atoms with Crippen LogP contribution in [0.5, 0.6) is 0 Å². The number of para-hydroxylation sites is 1. The van der Waals surface area contributed by atoms with Gasteiger partial charge in [-0.2, -0.15) is 0 Å². The van der Waals surface area contributed by atoms with Gasteiger partial charge in [-0.3, -0.25) is 0 Å². The number of hydrazine groups is 1. The molecule has 0 spiro atoms. The molecule has 0 saturated heterocycles. The molecule has 14 heavy (non-hydrogen) atoms. The fraction of sp³-hybridized carbons (Fsp3) is 0.300. The molecule has 0 fully saturated rings. The summed E-state index contributed by atoms with van der Waals surface area (Å²) in [7, 11) is 0. The summed E-state index contributed by atoms with van der Waals surface area (Å²) in [4.78, 5) is 4.27. The highest BCUT2D eigenvalue weighted by atomic mass is 16.5. The van der Waals surface area contributed by atoms with Crippen molar-refractivity contribution in [3.8, 4) is 0 Å². The Morgan fingerprint density at radius 1 is 1.43 bits per heavy atom. The Labute approximate surface area is 83.8 Å². The minimum absolute atomic E-state index is 0.405. The number of aliphatic imine (C=N–C) groups is 1. The molecule has 0 heterocycles. The van der Waals surface area contributed by atoms with Crippen molar-refractivity contribution in [2.45, 2.75) is 6.92 Å². The second kappa shape index (κ2) is 6.12. The molecule has 3 N–H and O–H groups in total. The number of hydrogen-bond acceptors (Lipinski definition) is 3. The Morgan fingerprint density at radius 2 is 2.14 bits per heavy atom. The summed E-state index contributed by atoms with van der Waals surface area (Å²) in [6.07, 6.45) is 0. The third-order valence-corrected chi connectivity index (χ3v) is 1.63. The molecule has 0 aliphatic rings. The fourth-order valence-corrected chi connectivity index (χ4v) is 0.963. The molecule has 0 saturated carbocycles. The Hall–Kier alpha value is -1.39. The van der Waals surface area contributed by atoms with Crippen molar-refractivity contribution in [2.24, 2.45) is 10.8 Å². The molecule has 0 aromatic heterocycles. The van der Waals surface area contributed by atoms with Crippen LogP contribution in [0.2, 0.25) is 0 Å². The first kappa shape index (κ1) is 10.7. The smallest absolute Gasteiger partial charge is 0.142 e. The molecule has 4 nitrogen and oxygen atoms in total. The van der Waals surface area contributed by atoms with Gasteiger partial charge in [0.25, 0.3) is 0 Å². The van der Waals surface area contributed by atoms with E-state index in [1.165, 1.54) is 0 Å². The van der Waals surface area contributed by atoms with Crippen molar-refractivity contribution in [3.05, 3.63) is 30.3 Å². The number of hydrogen-bond donors (Lipinski definition) is 2. The lowest BCUT2D eigenvalue weighted by Gasteiger charge is -2.04. The molecule has 0 radical (unpaired) electrons. The molecular formula is C10H15N3O. The van der Waals surface area contributed by atoms with Crippen LogP contribution in [0.4, 0.5) is 5.69 Å². The highest BCUT2D eigenvalue weighted by molar-refractivity contribution is 5.85. The third kappa shape index (κ3) is 3.55. The number of benzene rings is 1. The monoisotopic (exact) mass is 193 g/mol. The molecule has 0 aliphatic carbocycles. The van der Waals surface area contributed by atoms with E-state index in [-0.39, 0.29) is 0 Å². The Kier molecular flexibility index (Phi) is 4.68. The van der Waals surface area contributed by atoms with E-state index in [9.17, 15) is 0 Å². The molecule has 0 bridgehead atoms. The van der Waals surface area contributed by atoms with E-state index >= 15 is 0 Å². The summed E-state index contributed by atoms with van der Waals surface area (Å²) >= 11 is 0. The van der Waals surface area contributed by atoms with Gasteiger partial charge in [0.05, 0.1) is 5.69 Å². The highest BCUT2D eigenvalue weighted by Gasteiger charge is 1.95. The van der Waals surface area contributed by atoms with Crippen molar-refractivity contribution in [1.82, 2.24) is 5.43 Å². The standard InChI is InChI=1S/C10H15N3O/c1-2-14-8-10(13-11)12-9-6-4-3-5-7-9/h3-7H,2,8,11H2,1H3,(H,12,13). The highest BCUT2D eigenvalue weighted by Crippen LogP contribution is 2.09. The molecule has 0 amide bonds. The Morgan fingerprint density at radius 3 is 2.71 bits per heavy atom. The van der Waals surface area contributed by atoms with Gasteiger partial charge >= 0.3 is 0 Å². The summed E-state index contributed by atoms with van der Waals surface area (Å²) in [5.74, 6) is 5.92. The van der Waals surface area contributed by atoms with E-state index in [0.717, 1.165) is 5.69 Å². The van der Waals surface area contributed by atoms with Gasteiger partial charge in [0, 0.05) is 6.61 Å². The third-order valence-electron chi connectivity index (χ3n) is 1.63. The molecule has 0 aliphatic heterocycles. The number of nitrogens with one attached hydrogen (secondary N) is 1. The van der Waals surface area contributed by atoms with Gasteiger partial charge in [0.15, 0.2) is 0 Å². The summed E-state index contributed by atoms with van der Waals surface area (Å²) in [5.41, 5.74) is 3.37. The van der Waals surface area contributed by atoms with E-state index in [0.29, 0.717) is 19.0 Å². The van der Waals surface area contributed by atoms with Crippen LogP contribution in [0.3, 0.4) is 0 Å². The van der Waals surface area contributed by atoms with Gasteiger partial charge in [-0.1, -0.05) is 18.2 Å². The SMILES string of the molecule is CCOCC(=Nc1ccccc1)NN. The van der Waals surface area contributed by atoms with Crippen LogP contribution in [0.25, 0.3) is 0 Å². The number of ether oxygens (including phenoxy) is 1. The minimum Gasteiger partial charge on any atom is -0.374 e. The predicted molar refractivity (Wildman–Crippen MR) is 57.4 cm³/mol. The molecule has 1 aromatic rings. The Bertz CT molecular complexity index is 285. The lowest BCUT2D eigenvalue weighted by atomic mass is 10.3. The van der Waals surface area contributed by atoms with E-state index in [2.05, 4.69) is 10.4 Å². The van der Waals surface area contributed by atoms with Gasteiger partial charge in [-0.15, -0.1) is 0 Å². The summed E-state index contributed by atoms with van der Waals surface area (Å²) in [5, 5.41) is 0. The van der Waals surface area contributed by atoms with Crippen molar-refractivity contribution in [2.75, 3.05) is 13.2 Å². The average Bonchev–Trinajstić information content (AvgIpc) is 2.25. The van der Waals surface area contributed by atoms with Crippen molar-refractivity contribution in [3.63, 3.8) is 0 Å². The van der Waals surface area contributed by atoms with Gasteiger partial charge in [0.2, 0.25) is 0 Å². The Balaban J connectivity index is 2.64. The fourth-order valence-electron chi connectivity index (χ4n) is 0.963. The van der Waals surface area contributed by atoms with Crippen LogP contribution in [0.1, 0.15) is 6.92 Å². The molecule has 1 rings (SSSR count). The van der Waals surface area contributed by atoms with E-state index in [1.54, 1.807) is 0 Å². The van der Waals surface area contributed by atoms with Crippen LogP contribution in [-0.2, 0) is 4.74 Å². The molecule has 4 heteroatoms. The maximum atomic E-state index is 5.30. The van der Waals surface area contributed by atoms with E-state index in [1.807, 2.05) is 37.3 Å². The summed E-state index contributed by atoms with van der Waals surface area (Å²) < 4.78 is 5.19. The first-order valence-corrected chi connectivity index (χ1v) is 4.53. The number of nitrogens with two attached hydrogens (primary N) is 1. The summed E-state index contributed by atoms with van der Waals surface area (Å²) in [6.45, 7) is 2.98. The van der Waals surface area contributed by atoms with Gasteiger partial charge in [-0.25, -0.2) is 10.8 Å². The van der Waals surface area contributed by atoms with Gasteiger partial charge < -0.3 is 10.2 Å². The number of nitrogens with zero attached hydrogens (tertiary/aromatic N) is 1. The first-order valence-electron chi connectivity index (χ1n) is 4.53. The van der Waals surface area contributed by atoms with Gasteiger partial charge in [-0.05, 0) is 19.1 Å². The molecule has 0 atom stereocenters. The lowest BCUT2D eigenvalue weighted by molar-refractivity contribution is 0.185. The number of amidine groups is 1. The quantitative estimate of drug-likeness (QED) is 0.327. The van der Waals surface area contributed by atoms with Crippen LogP contribution < -0.4 is 11.3 Å². The van der Waals surface area contributed by atoms with Crippen LogP contribution in [0, 0.1) is 0 Å². The van der Waals surface area contributed by atoms with Crippen molar-refractivity contribution in [1.29, 1.82) is 0 Å². The molecule has 0 unspecified atom stereocenters. The van der Waals surface area contributed by atoms with Crippen molar-refractivity contribution >= 4 is 11.5 Å².